The van der Waals surface area contributed by atoms with E-state index in [0.717, 1.165) is 17.1 Å². The van der Waals surface area contributed by atoms with Gasteiger partial charge in [0, 0.05) is 17.1 Å². The number of hydrogen-bond donors (Lipinski definition) is 0. The highest BCUT2D eigenvalue weighted by molar-refractivity contribution is 6.09. The van der Waals surface area contributed by atoms with Crippen molar-refractivity contribution in [2.24, 2.45) is 0 Å². The molecule has 0 aliphatic carbocycles. The van der Waals surface area contributed by atoms with Crippen LogP contribution in [-0.4, -0.2) is 0 Å². The van der Waals surface area contributed by atoms with Crippen molar-refractivity contribution in [3.63, 3.8) is 0 Å². The van der Waals surface area contributed by atoms with Crippen LogP contribution in [0.3, 0.4) is 0 Å². The molecule has 0 aromatic heterocycles. The lowest BCUT2D eigenvalue weighted by Gasteiger charge is -2.26. The number of anilines is 3. The van der Waals surface area contributed by atoms with Gasteiger partial charge in [-0.2, -0.15) is 0 Å². The third-order valence-corrected chi connectivity index (χ3v) is 10.7. The van der Waals surface area contributed by atoms with E-state index in [4.69, 9.17) is 0 Å². The number of fused-ring (bicyclic) bond motifs is 5. The zero-order chi connectivity index (χ0) is 35.1. The molecule has 0 saturated heterocycles. The Morgan fingerprint density at radius 1 is 0.226 bits per heavy atom. The first-order valence-corrected chi connectivity index (χ1v) is 18.3. The minimum absolute atomic E-state index is 1.11. The quantitative estimate of drug-likeness (QED) is 0.159. The highest BCUT2D eigenvalue weighted by Crippen LogP contribution is 2.40. The van der Waals surface area contributed by atoms with Crippen LogP contribution in [0.15, 0.2) is 212 Å². The second kappa shape index (κ2) is 13.0. The average molecular weight is 674 g/mol. The monoisotopic (exact) mass is 673 g/mol. The molecule has 0 aliphatic heterocycles. The Kier molecular flexibility index (Phi) is 7.55. The van der Waals surface area contributed by atoms with E-state index in [2.05, 4.69) is 217 Å². The van der Waals surface area contributed by atoms with Gasteiger partial charge < -0.3 is 4.90 Å². The Morgan fingerprint density at radius 2 is 0.585 bits per heavy atom. The molecule has 0 radical (unpaired) electrons. The van der Waals surface area contributed by atoms with Crippen LogP contribution in [0.2, 0.25) is 0 Å². The molecule has 0 N–H and O–H groups in total. The standard InChI is InChI=1S/C52H35N/c1-4-14-47-38(9-1)12-7-17-49(47)41-21-19-36(20-22-41)37-25-30-44(31-26-37)53(46-34-29-43-24-23-40-11-3-6-16-51(40)52(43)35-46)45-32-27-42(28-33-45)50-18-8-13-39-10-2-5-15-48(39)50/h1-35H. The van der Waals surface area contributed by atoms with Crippen LogP contribution in [0.5, 0.6) is 0 Å². The largest absolute Gasteiger partial charge is 0.310 e. The lowest BCUT2D eigenvalue weighted by atomic mass is 9.96. The molecule has 0 amide bonds. The fourth-order valence-electron chi connectivity index (χ4n) is 7.97. The van der Waals surface area contributed by atoms with Crippen molar-refractivity contribution in [3.05, 3.63) is 212 Å². The van der Waals surface area contributed by atoms with Gasteiger partial charge in [0.05, 0.1) is 0 Å². The maximum Gasteiger partial charge on any atom is 0.0468 e. The fraction of sp³-hybridized carbons (Fsp3) is 0. The lowest BCUT2D eigenvalue weighted by Crippen LogP contribution is -2.09. The molecule has 0 atom stereocenters. The van der Waals surface area contributed by atoms with Crippen LogP contribution < -0.4 is 4.90 Å². The molecule has 10 aromatic rings. The summed E-state index contributed by atoms with van der Waals surface area (Å²) in [7, 11) is 0. The summed E-state index contributed by atoms with van der Waals surface area (Å²) < 4.78 is 0. The van der Waals surface area contributed by atoms with Crippen molar-refractivity contribution in [3.8, 4) is 33.4 Å². The molecule has 0 saturated carbocycles. The summed E-state index contributed by atoms with van der Waals surface area (Å²) in [5, 5.41) is 10.1. The van der Waals surface area contributed by atoms with E-state index in [9.17, 15) is 0 Å². The second-order valence-corrected chi connectivity index (χ2v) is 13.8. The molecule has 0 heterocycles. The smallest absolute Gasteiger partial charge is 0.0468 e. The lowest BCUT2D eigenvalue weighted by molar-refractivity contribution is 1.29. The third-order valence-electron chi connectivity index (χ3n) is 10.7. The van der Waals surface area contributed by atoms with E-state index < -0.39 is 0 Å². The summed E-state index contributed by atoms with van der Waals surface area (Å²) in [5.41, 5.74) is 10.7. The molecule has 0 spiro atoms. The van der Waals surface area contributed by atoms with E-state index in [1.165, 1.54) is 76.5 Å². The molecule has 0 unspecified atom stereocenters. The van der Waals surface area contributed by atoms with Crippen molar-refractivity contribution < 1.29 is 0 Å². The summed E-state index contributed by atoms with van der Waals surface area (Å²) >= 11 is 0. The first-order chi connectivity index (χ1) is 26.3. The normalized spacial score (nSPS) is 11.4. The fourth-order valence-corrected chi connectivity index (χ4v) is 7.97. The van der Waals surface area contributed by atoms with Gasteiger partial charge in [-0.25, -0.2) is 0 Å². The third kappa shape index (κ3) is 5.60. The highest BCUT2D eigenvalue weighted by atomic mass is 15.1. The van der Waals surface area contributed by atoms with E-state index in [-0.39, 0.29) is 0 Å². The molecule has 53 heavy (non-hydrogen) atoms. The van der Waals surface area contributed by atoms with Crippen LogP contribution in [0.25, 0.3) is 76.5 Å². The highest BCUT2D eigenvalue weighted by Gasteiger charge is 2.15. The summed E-state index contributed by atoms with van der Waals surface area (Å²) in [6.45, 7) is 0. The topological polar surface area (TPSA) is 3.24 Å². The molecule has 248 valence electrons. The van der Waals surface area contributed by atoms with Gasteiger partial charge in [-0.05, 0) is 113 Å². The Labute approximate surface area is 309 Å². The summed E-state index contributed by atoms with van der Waals surface area (Å²) in [5.74, 6) is 0. The molecule has 10 aromatic carbocycles. The number of rotatable bonds is 6. The summed E-state index contributed by atoms with van der Waals surface area (Å²) in [4.78, 5) is 2.38. The van der Waals surface area contributed by atoms with E-state index in [1.54, 1.807) is 0 Å². The minimum atomic E-state index is 1.11. The number of hydrogen-bond acceptors (Lipinski definition) is 1. The van der Waals surface area contributed by atoms with Gasteiger partial charge in [-0.15, -0.1) is 0 Å². The van der Waals surface area contributed by atoms with Crippen molar-refractivity contribution in [2.45, 2.75) is 0 Å². The predicted molar refractivity (Wildman–Crippen MR) is 227 cm³/mol. The van der Waals surface area contributed by atoms with Gasteiger partial charge in [0.15, 0.2) is 0 Å². The molecular weight excluding hydrogens is 639 g/mol. The molecule has 1 heteroatoms. The van der Waals surface area contributed by atoms with Crippen LogP contribution in [0.4, 0.5) is 17.1 Å². The van der Waals surface area contributed by atoms with Crippen LogP contribution in [0, 0.1) is 0 Å². The van der Waals surface area contributed by atoms with Crippen molar-refractivity contribution >= 4 is 60.2 Å². The van der Waals surface area contributed by atoms with E-state index in [0.29, 0.717) is 0 Å². The molecule has 0 aliphatic rings. The second-order valence-electron chi connectivity index (χ2n) is 13.8. The summed E-state index contributed by atoms with van der Waals surface area (Å²) in [6, 6.07) is 77.2. The molecule has 0 bridgehead atoms. The van der Waals surface area contributed by atoms with Crippen molar-refractivity contribution in [2.75, 3.05) is 4.90 Å². The maximum atomic E-state index is 2.38. The zero-order valence-electron chi connectivity index (χ0n) is 29.2. The molecule has 1 nitrogen and oxygen atoms in total. The van der Waals surface area contributed by atoms with E-state index >= 15 is 0 Å². The first kappa shape index (κ1) is 30.8. The van der Waals surface area contributed by atoms with Crippen LogP contribution in [-0.2, 0) is 0 Å². The Bertz CT molecular complexity index is 2910. The number of benzene rings is 10. The van der Waals surface area contributed by atoms with Crippen LogP contribution >= 0.6 is 0 Å². The molecule has 0 fully saturated rings. The maximum absolute atomic E-state index is 2.38. The first-order valence-electron chi connectivity index (χ1n) is 18.3. The SMILES string of the molecule is c1ccc2c(-c3ccc(-c4ccc(N(c5ccc(-c6cccc7ccccc67)cc5)c5ccc6ccc7ccccc7c6c5)cc4)cc3)cccc2c1. The van der Waals surface area contributed by atoms with Gasteiger partial charge in [0.1, 0.15) is 0 Å². The number of nitrogens with zero attached hydrogens (tertiary/aromatic N) is 1. The molecular formula is C52H35N. The molecule has 10 rings (SSSR count). The van der Waals surface area contributed by atoms with Crippen molar-refractivity contribution in [1.82, 2.24) is 0 Å². The van der Waals surface area contributed by atoms with Gasteiger partial charge in [-0.3, -0.25) is 0 Å². The van der Waals surface area contributed by atoms with Gasteiger partial charge in [0.2, 0.25) is 0 Å². The van der Waals surface area contributed by atoms with Crippen molar-refractivity contribution in [1.29, 1.82) is 0 Å². The van der Waals surface area contributed by atoms with E-state index in [1.807, 2.05) is 0 Å². The van der Waals surface area contributed by atoms with Gasteiger partial charge >= 0.3 is 0 Å². The minimum Gasteiger partial charge on any atom is -0.310 e. The predicted octanol–water partition coefficient (Wildman–Crippen LogP) is 14.8. The van der Waals surface area contributed by atoms with Crippen LogP contribution in [0.1, 0.15) is 0 Å². The zero-order valence-corrected chi connectivity index (χ0v) is 29.2. The van der Waals surface area contributed by atoms with Gasteiger partial charge in [-0.1, -0.05) is 176 Å². The Morgan fingerprint density at radius 3 is 1.13 bits per heavy atom. The Balaban J connectivity index is 1.04. The summed E-state index contributed by atoms with van der Waals surface area (Å²) in [6.07, 6.45) is 0. The average Bonchev–Trinajstić information content (AvgIpc) is 3.24. The Hall–Kier alpha value is -6.96. The van der Waals surface area contributed by atoms with Gasteiger partial charge in [0.25, 0.3) is 0 Å².